The van der Waals surface area contributed by atoms with Gasteiger partial charge in [0.05, 0.1) is 13.2 Å². The molecule has 3 aliphatic heterocycles. The highest BCUT2D eigenvalue weighted by atomic mass is 32.2. The third kappa shape index (κ3) is 2.83. The van der Waals surface area contributed by atoms with Gasteiger partial charge in [0.15, 0.2) is 11.5 Å². The molecule has 84 valence electrons. The largest absolute Gasteiger partial charge is 0.380 e. The SMILES string of the molecule is C1CSCCO1.O=C1N=CN=C2N=CN=C12. The molecule has 3 aliphatic rings. The Morgan fingerprint density at radius 3 is 2.44 bits per heavy atom. The third-order valence-corrected chi connectivity index (χ3v) is 2.79. The van der Waals surface area contributed by atoms with Gasteiger partial charge in [-0.1, -0.05) is 0 Å². The van der Waals surface area contributed by atoms with Gasteiger partial charge in [0.1, 0.15) is 12.7 Å². The number of amides is 1. The van der Waals surface area contributed by atoms with Crippen LogP contribution in [0.4, 0.5) is 0 Å². The number of nitrogens with zero attached hydrogens (tertiary/aromatic N) is 4. The van der Waals surface area contributed by atoms with Gasteiger partial charge in [-0.2, -0.15) is 16.8 Å². The van der Waals surface area contributed by atoms with Crippen molar-refractivity contribution in [1.29, 1.82) is 0 Å². The second-order valence-corrected chi connectivity index (χ2v) is 4.17. The molecule has 1 fully saturated rings. The van der Waals surface area contributed by atoms with Gasteiger partial charge < -0.3 is 4.74 Å². The lowest BCUT2D eigenvalue weighted by atomic mass is 10.3. The normalized spacial score (nSPS) is 21.9. The van der Waals surface area contributed by atoms with Crippen molar-refractivity contribution in [3.8, 4) is 0 Å². The second kappa shape index (κ2) is 5.66. The number of thioether (sulfide) groups is 1. The topological polar surface area (TPSA) is 75.7 Å². The monoisotopic (exact) mass is 238 g/mol. The molecule has 0 atom stereocenters. The minimum absolute atomic E-state index is 0.238. The molecule has 0 radical (unpaired) electrons. The summed E-state index contributed by atoms with van der Waals surface area (Å²) in [6, 6.07) is 0. The van der Waals surface area contributed by atoms with E-state index in [9.17, 15) is 4.79 Å². The predicted octanol–water partition coefficient (Wildman–Crippen LogP) is 0.186. The number of fused-ring (bicyclic) bond motifs is 1. The summed E-state index contributed by atoms with van der Waals surface area (Å²) < 4.78 is 5.05. The summed E-state index contributed by atoms with van der Waals surface area (Å²) in [4.78, 5) is 25.3. The van der Waals surface area contributed by atoms with E-state index >= 15 is 0 Å². The zero-order chi connectivity index (χ0) is 11.2. The molecule has 0 N–H and O–H groups in total. The lowest BCUT2D eigenvalue weighted by Gasteiger charge is -2.07. The smallest absolute Gasteiger partial charge is 0.301 e. The van der Waals surface area contributed by atoms with E-state index in [2.05, 4.69) is 20.0 Å². The molecule has 6 nitrogen and oxygen atoms in total. The summed E-state index contributed by atoms with van der Waals surface area (Å²) in [6.07, 6.45) is 2.47. The summed E-state index contributed by atoms with van der Waals surface area (Å²) in [5, 5.41) is 0. The maximum atomic E-state index is 10.8. The first-order chi connectivity index (χ1) is 7.88. The summed E-state index contributed by atoms with van der Waals surface area (Å²) in [5.41, 5.74) is 0.238. The van der Waals surface area contributed by atoms with Crippen LogP contribution in [0.2, 0.25) is 0 Å². The van der Waals surface area contributed by atoms with E-state index in [1.54, 1.807) is 0 Å². The average molecular weight is 238 g/mol. The Labute approximate surface area is 96.6 Å². The summed E-state index contributed by atoms with van der Waals surface area (Å²) in [6.45, 7) is 1.93. The van der Waals surface area contributed by atoms with Gasteiger partial charge in [-0.05, 0) is 0 Å². The molecule has 0 spiro atoms. The third-order valence-electron chi connectivity index (χ3n) is 1.88. The molecule has 0 unspecified atom stereocenters. The molecule has 1 saturated heterocycles. The maximum Gasteiger partial charge on any atom is 0.301 e. The van der Waals surface area contributed by atoms with Crippen molar-refractivity contribution in [1.82, 2.24) is 0 Å². The second-order valence-electron chi connectivity index (χ2n) is 2.95. The zero-order valence-corrected chi connectivity index (χ0v) is 9.31. The molecule has 16 heavy (non-hydrogen) atoms. The minimum atomic E-state index is -0.373. The summed E-state index contributed by atoms with van der Waals surface area (Å²) >= 11 is 1.97. The van der Waals surface area contributed by atoms with Crippen molar-refractivity contribution in [2.75, 3.05) is 24.7 Å². The molecule has 0 bridgehead atoms. The van der Waals surface area contributed by atoms with Gasteiger partial charge >= 0.3 is 5.91 Å². The molecular formula is C9H10N4O2S. The van der Waals surface area contributed by atoms with Gasteiger partial charge in [-0.3, -0.25) is 4.79 Å². The quantitative estimate of drug-likeness (QED) is 0.604. The molecule has 0 aromatic carbocycles. The Kier molecular flexibility index (Phi) is 3.95. The van der Waals surface area contributed by atoms with Crippen LogP contribution in [0.5, 0.6) is 0 Å². The van der Waals surface area contributed by atoms with E-state index in [4.69, 9.17) is 4.74 Å². The van der Waals surface area contributed by atoms with Crippen LogP contribution >= 0.6 is 11.8 Å². The first-order valence-corrected chi connectivity index (χ1v) is 5.94. The highest BCUT2D eigenvalue weighted by molar-refractivity contribution is 7.99. The number of carbonyl (C=O) groups is 1. The van der Waals surface area contributed by atoms with E-state index in [1.807, 2.05) is 11.8 Å². The number of ether oxygens (including phenoxy) is 1. The van der Waals surface area contributed by atoms with Gasteiger partial charge in [-0.15, -0.1) is 0 Å². The highest BCUT2D eigenvalue weighted by Gasteiger charge is 2.21. The first-order valence-electron chi connectivity index (χ1n) is 4.79. The predicted molar refractivity (Wildman–Crippen MR) is 65.0 cm³/mol. The number of aliphatic imine (C=N–C) groups is 4. The van der Waals surface area contributed by atoms with E-state index in [0.717, 1.165) is 13.2 Å². The van der Waals surface area contributed by atoms with Crippen LogP contribution in [-0.4, -0.2) is 54.9 Å². The Hall–Kier alpha value is -1.34. The Morgan fingerprint density at radius 1 is 1.12 bits per heavy atom. The van der Waals surface area contributed by atoms with Crippen molar-refractivity contribution >= 4 is 41.9 Å². The molecule has 0 saturated carbocycles. The van der Waals surface area contributed by atoms with Crippen molar-refractivity contribution in [3.63, 3.8) is 0 Å². The van der Waals surface area contributed by atoms with E-state index in [0.29, 0.717) is 5.84 Å². The zero-order valence-electron chi connectivity index (χ0n) is 8.50. The number of amidine groups is 1. The Balaban J connectivity index is 0.000000138. The molecular weight excluding hydrogens is 228 g/mol. The van der Waals surface area contributed by atoms with Crippen molar-refractivity contribution in [2.45, 2.75) is 0 Å². The van der Waals surface area contributed by atoms with Gasteiger partial charge in [0.2, 0.25) is 0 Å². The van der Waals surface area contributed by atoms with E-state index < -0.39 is 0 Å². The van der Waals surface area contributed by atoms with Gasteiger partial charge in [-0.25, -0.2) is 15.0 Å². The number of hydrogen-bond acceptors (Lipinski definition) is 6. The van der Waals surface area contributed by atoms with E-state index in [1.165, 1.54) is 24.2 Å². The van der Waals surface area contributed by atoms with Gasteiger partial charge in [0, 0.05) is 11.5 Å². The highest BCUT2D eigenvalue weighted by Crippen LogP contribution is 2.03. The fraction of sp³-hybridized carbons (Fsp3) is 0.444. The first kappa shape index (κ1) is 11.2. The summed E-state index contributed by atoms with van der Waals surface area (Å²) in [5.74, 6) is 2.38. The minimum Gasteiger partial charge on any atom is -0.380 e. The average Bonchev–Trinajstić information content (AvgIpc) is 2.82. The van der Waals surface area contributed by atoms with Crippen molar-refractivity contribution in [3.05, 3.63) is 0 Å². The number of rotatable bonds is 0. The molecule has 0 aromatic heterocycles. The van der Waals surface area contributed by atoms with Crippen LogP contribution in [0.3, 0.4) is 0 Å². The van der Waals surface area contributed by atoms with Crippen LogP contribution in [-0.2, 0) is 9.53 Å². The van der Waals surface area contributed by atoms with Crippen LogP contribution in [0.25, 0.3) is 0 Å². The van der Waals surface area contributed by atoms with Crippen LogP contribution in [0.1, 0.15) is 0 Å². The Bertz CT molecular complexity index is 379. The van der Waals surface area contributed by atoms with E-state index in [-0.39, 0.29) is 11.6 Å². The lowest BCUT2D eigenvalue weighted by Crippen LogP contribution is -2.21. The molecule has 1 amide bonds. The lowest BCUT2D eigenvalue weighted by molar-refractivity contribution is -0.111. The number of hydrogen-bond donors (Lipinski definition) is 0. The van der Waals surface area contributed by atoms with Crippen LogP contribution in [0, 0.1) is 0 Å². The Morgan fingerprint density at radius 2 is 1.88 bits per heavy atom. The molecule has 0 aliphatic carbocycles. The van der Waals surface area contributed by atoms with Crippen molar-refractivity contribution in [2.24, 2.45) is 20.0 Å². The molecule has 3 heterocycles. The standard InChI is InChI=1S/C5H2N4O.C4H8OS/c10-5-3-4(7-1-6-3)8-2-9-5;1-3-6-4-2-5-1/h1-2H;1-4H2. The maximum absolute atomic E-state index is 10.8. The summed E-state index contributed by atoms with van der Waals surface area (Å²) in [7, 11) is 0. The fourth-order valence-corrected chi connectivity index (χ4v) is 1.82. The van der Waals surface area contributed by atoms with Crippen LogP contribution in [0.15, 0.2) is 20.0 Å². The number of carbonyl (C=O) groups excluding carboxylic acids is 1. The fourth-order valence-electron chi connectivity index (χ4n) is 1.14. The molecule has 0 aromatic rings. The van der Waals surface area contributed by atoms with Gasteiger partial charge in [0.25, 0.3) is 0 Å². The molecule has 7 heteroatoms. The molecule has 3 rings (SSSR count). The van der Waals surface area contributed by atoms with Crippen LogP contribution < -0.4 is 0 Å². The van der Waals surface area contributed by atoms with Crippen molar-refractivity contribution < 1.29 is 9.53 Å².